The summed E-state index contributed by atoms with van der Waals surface area (Å²) in [7, 11) is 0. The Bertz CT molecular complexity index is 1170. The van der Waals surface area contributed by atoms with Gasteiger partial charge in [-0.3, -0.25) is 9.59 Å². The number of rotatable bonds is 7. The van der Waals surface area contributed by atoms with Crippen molar-refractivity contribution in [2.75, 3.05) is 11.9 Å². The third kappa shape index (κ3) is 5.12. The van der Waals surface area contributed by atoms with Crippen LogP contribution in [0.4, 0.5) is 10.6 Å². The molecule has 0 bridgehead atoms. The topological polar surface area (TPSA) is 118 Å². The molecule has 8 nitrogen and oxygen atoms in total. The number of aliphatic carboxylic acids is 1. The lowest BCUT2D eigenvalue weighted by atomic mass is 9.98. The molecule has 0 spiro atoms. The van der Waals surface area contributed by atoms with E-state index in [4.69, 9.17) is 21.4 Å². The van der Waals surface area contributed by atoms with Gasteiger partial charge in [-0.25, -0.2) is 9.78 Å². The van der Waals surface area contributed by atoms with Gasteiger partial charge in [0, 0.05) is 17.1 Å². The molecule has 0 saturated heterocycles. The molecule has 0 radical (unpaired) electrons. The quantitative estimate of drug-likeness (QED) is 0.484. The normalized spacial score (nSPS) is 12.9. The summed E-state index contributed by atoms with van der Waals surface area (Å²) in [6.07, 6.45) is -0.128. The molecule has 1 aromatic heterocycles. The van der Waals surface area contributed by atoms with Gasteiger partial charge in [-0.1, -0.05) is 60.1 Å². The molecule has 1 heterocycles. The number of hydrogen-bond acceptors (Lipinski definition) is 5. The number of hydrogen-bond donors (Lipinski definition) is 3. The number of aromatic nitrogens is 1. The van der Waals surface area contributed by atoms with Crippen molar-refractivity contribution in [1.82, 2.24) is 10.3 Å². The van der Waals surface area contributed by atoms with Crippen molar-refractivity contribution >= 4 is 35.4 Å². The van der Waals surface area contributed by atoms with E-state index in [9.17, 15) is 14.4 Å². The number of anilines is 1. The lowest BCUT2D eigenvalue weighted by Gasteiger charge is -2.18. The number of carboxylic acid groups (broad SMARTS) is 1. The van der Waals surface area contributed by atoms with Crippen molar-refractivity contribution in [3.8, 4) is 11.1 Å². The second-order valence-electron chi connectivity index (χ2n) is 7.47. The SMILES string of the molecule is O=C(O)CC(NC(=O)OCC1c2ccccc2-c2ccccc21)C(=O)Nc1cc(Cl)ccn1. The Labute approximate surface area is 194 Å². The third-order valence-corrected chi connectivity index (χ3v) is 5.54. The molecule has 168 valence electrons. The van der Waals surface area contributed by atoms with Crippen LogP contribution in [0.25, 0.3) is 11.1 Å². The Hall–Kier alpha value is -3.91. The summed E-state index contributed by atoms with van der Waals surface area (Å²) in [6.45, 7) is 0.0388. The van der Waals surface area contributed by atoms with Crippen LogP contribution in [0.5, 0.6) is 0 Å². The lowest BCUT2D eigenvalue weighted by Crippen LogP contribution is -2.45. The number of fused-ring (bicyclic) bond motifs is 3. The van der Waals surface area contributed by atoms with Crippen LogP contribution < -0.4 is 10.6 Å². The molecule has 4 rings (SSSR count). The number of pyridine rings is 1. The summed E-state index contributed by atoms with van der Waals surface area (Å²) in [6, 6.07) is 17.3. The molecule has 0 aliphatic heterocycles. The number of alkyl carbamates (subject to hydrolysis) is 1. The molecular weight excluding hydrogens is 446 g/mol. The van der Waals surface area contributed by atoms with Crippen molar-refractivity contribution in [3.63, 3.8) is 0 Å². The van der Waals surface area contributed by atoms with Crippen LogP contribution in [-0.2, 0) is 14.3 Å². The highest BCUT2D eigenvalue weighted by Gasteiger charge is 2.30. The van der Waals surface area contributed by atoms with E-state index in [0.29, 0.717) is 5.02 Å². The maximum atomic E-state index is 12.6. The number of carboxylic acids is 1. The smallest absolute Gasteiger partial charge is 0.407 e. The van der Waals surface area contributed by atoms with Crippen molar-refractivity contribution in [3.05, 3.63) is 83.0 Å². The Morgan fingerprint density at radius 3 is 2.27 bits per heavy atom. The van der Waals surface area contributed by atoms with Gasteiger partial charge in [0.05, 0.1) is 6.42 Å². The number of carbonyl (C=O) groups excluding carboxylic acids is 2. The van der Waals surface area contributed by atoms with E-state index < -0.39 is 30.4 Å². The molecule has 1 unspecified atom stereocenters. The van der Waals surface area contributed by atoms with Gasteiger partial charge in [-0.15, -0.1) is 0 Å². The highest BCUT2D eigenvalue weighted by molar-refractivity contribution is 6.30. The first-order valence-electron chi connectivity index (χ1n) is 10.2. The van der Waals surface area contributed by atoms with E-state index in [1.165, 1.54) is 18.3 Å². The summed E-state index contributed by atoms with van der Waals surface area (Å²) in [5.41, 5.74) is 4.25. The van der Waals surface area contributed by atoms with Gasteiger partial charge in [0.25, 0.3) is 0 Å². The second-order valence-corrected chi connectivity index (χ2v) is 7.91. The average Bonchev–Trinajstić information content (AvgIpc) is 3.11. The van der Waals surface area contributed by atoms with Crippen LogP contribution in [0.15, 0.2) is 66.9 Å². The largest absolute Gasteiger partial charge is 0.481 e. The van der Waals surface area contributed by atoms with Crippen LogP contribution in [0.1, 0.15) is 23.5 Å². The number of nitrogens with zero attached hydrogens (tertiary/aromatic N) is 1. The molecule has 1 aliphatic carbocycles. The average molecular weight is 466 g/mol. The zero-order chi connectivity index (χ0) is 23.4. The monoisotopic (exact) mass is 465 g/mol. The van der Waals surface area contributed by atoms with E-state index in [0.717, 1.165) is 22.3 Å². The third-order valence-electron chi connectivity index (χ3n) is 5.30. The van der Waals surface area contributed by atoms with E-state index in [1.807, 2.05) is 48.5 Å². The number of halogens is 1. The summed E-state index contributed by atoms with van der Waals surface area (Å²) < 4.78 is 5.41. The Kier molecular flexibility index (Phi) is 6.55. The molecule has 3 aromatic rings. The first-order valence-corrected chi connectivity index (χ1v) is 10.6. The Morgan fingerprint density at radius 2 is 1.67 bits per heavy atom. The maximum absolute atomic E-state index is 12.6. The van der Waals surface area contributed by atoms with Gasteiger partial charge >= 0.3 is 12.1 Å². The van der Waals surface area contributed by atoms with Crippen molar-refractivity contribution in [2.45, 2.75) is 18.4 Å². The molecule has 1 aliphatic rings. The van der Waals surface area contributed by atoms with E-state index >= 15 is 0 Å². The van der Waals surface area contributed by atoms with Gasteiger partial charge in [0.1, 0.15) is 18.5 Å². The number of benzene rings is 2. The Balaban J connectivity index is 1.43. The zero-order valence-electron chi connectivity index (χ0n) is 17.3. The van der Waals surface area contributed by atoms with Crippen LogP contribution in [0.2, 0.25) is 5.02 Å². The van der Waals surface area contributed by atoms with Crippen LogP contribution in [0, 0.1) is 0 Å². The maximum Gasteiger partial charge on any atom is 0.407 e. The standard InChI is InChI=1S/C24H20ClN3O5/c25-14-9-10-26-21(11-14)28-23(31)20(12-22(29)30)27-24(32)33-13-19-17-7-3-1-5-15(17)16-6-2-4-8-18(16)19/h1-11,19-20H,12-13H2,(H,27,32)(H,29,30)(H,26,28,31). The lowest BCUT2D eigenvalue weighted by molar-refractivity contribution is -0.139. The summed E-state index contributed by atoms with van der Waals surface area (Å²) in [5, 5.41) is 14.3. The number of ether oxygens (including phenoxy) is 1. The van der Waals surface area contributed by atoms with E-state index in [2.05, 4.69) is 15.6 Å². The van der Waals surface area contributed by atoms with Crippen molar-refractivity contribution in [2.24, 2.45) is 0 Å². The highest BCUT2D eigenvalue weighted by Crippen LogP contribution is 2.44. The minimum atomic E-state index is -1.36. The number of carbonyl (C=O) groups is 3. The van der Waals surface area contributed by atoms with Gasteiger partial charge in [0.15, 0.2) is 0 Å². The predicted octanol–water partition coefficient (Wildman–Crippen LogP) is 4.06. The van der Waals surface area contributed by atoms with Crippen molar-refractivity contribution in [1.29, 1.82) is 0 Å². The first-order chi connectivity index (χ1) is 15.9. The summed E-state index contributed by atoms with van der Waals surface area (Å²) >= 11 is 5.88. The molecule has 33 heavy (non-hydrogen) atoms. The molecular formula is C24H20ClN3O5. The van der Waals surface area contributed by atoms with Gasteiger partial charge in [0.2, 0.25) is 5.91 Å². The fourth-order valence-corrected chi connectivity index (χ4v) is 4.01. The minimum absolute atomic E-state index is 0.0388. The predicted molar refractivity (Wildman–Crippen MR) is 122 cm³/mol. The minimum Gasteiger partial charge on any atom is -0.481 e. The molecule has 0 fully saturated rings. The first kappa shape index (κ1) is 22.3. The van der Waals surface area contributed by atoms with Crippen molar-refractivity contribution < 1.29 is 24.2 Å². The van der Waals surface area contributed by atoms with Gasteiger partial charge < -0.3 is 20.5 Å². The zero-order valence-corrected chi connectivity index (χ0v) is 18.1. The highest BCUT2D eigenvalue weighted by atomic mass is 35.5. The number of amides is 2. The Morgan fingerprint density at radius 1 is 1.03 bits per heavy atom. The fourth-order valence-electron chi connectivity index (χ4n) is 3.85. The molecule has 2 aromatic carbocycles. The van der Waals surface area contributed by atoms with Crippen LogP contribution >= 0.6 is 11.6 Å². The van der Waals surface area contributed by atoms with E-state index in [1.54, 1.807) is 0 Å². The fraction of sp³-hybridized carbons (Fsp3) is 0.167. The molecule has 3 N–H and O–H groups in total. The van der Waals surface area contributed by atoms with Gasteiger partial charge in [-0.05, 0) is 34.4 Å². The molecule has 1 atom stereocenters. The molecule has 0 saturated carbocycles. The van der Waals surface area contributed by atoms with E-state index in [-0.39, 0.29) is 18.3 Å². The van der Waals surface area contributed by atoms with Crippen LogP contribution in [0.3, 0.4) is 0 Å². The second kappa shape index (κ2) is 9.70. The summed E-state index contributed by atoms with van der Waals surface area (Å²) in [4.78, 5) is 40.2. The molecule has 9 heteroatoms. The summed E-state index contributed by atoms with van der Waals surface area (Å²) in [5.74, 6) is -2.03. The number of nitrogens with one attached hydrogen (secondary N) is 2. The van der Waals surface area contributed by atoms with Gasteiger partial charge in [-0.2, -0.15) is 0 Å². The molecule has 2 amide bonds. The van der Waals surface area contributed by atoms with Crippen LogP contribution in [-0.4, -0.2) is 40.7 Å².